The molecule has 4 rings (SSSR count). The van der Waals surface area contributed by atoms with Gasteiger partial charge in [0, 0.05) is 22.1 Å². The van der Waals surface area contributed by atoms with Crippen molar-refractivity contribution in [3.8, 4) is 17.1 Å². The molecule has 2 aliphatic rings. The molecule has 1 heterocycles. The van der Waals surface area contributed by atoms with Gasteiger partial charge in [-0.1, -0.05) is 56.0 Å². The first kappa shape index (κ1) is 16.8. The Kier molecular flexibility index (Phi) is 4.89. The first-order valence-corrected chi connectivity index (χ1v) is 10.2. The molecule has 2 saturated carbocycles. The van der Waals surface area contributed by atoms with Gasteiger partial charge in [-0.25, -0.2) is 4.79 Å². The summed E-state index contributed by atoms with van der Waals surface area (Å²) >= 11 is 1.88. The van der Waals surface area contributed by atoms with Crippen molar-refractivity contribution in [2.45, 2.75) is 55.4 Å². The van der Waals surface area contributed by atoms with Crippen LogP contribution in [0.4, 0.5) is 0 Å². The third kappa shape index (κ3) is 3.95. The third-order valence-corrected chi connectivity index (χ3v) is 6.86. The van der Waals surface area contributed by atoms with E-state index < -0.39 is 0 Å². The molecule has 0 saturated heterocycles. The molecule has 0 amide bonds. The van der Waals surface area contributed by atoms with E-state index in [1.807, 2.05) is 42.1 Å². The summed E-state index contributed by atoms with van der Waals surface area (Å²) in [5, 5.41) is 11.3. The Morgan fingerprint density at radius 3 is 2.48 bits per heavy atom. The molecule has 2 fully saturated rings. The molecule has 25 heavy (non-hydrogen) atoms. The fourth-order valence-electron chi connectivity index (χ4n) is 3.69. The fourth-order valence-corrected chi connectivity index (χ4v) is 5.49. The molecule has 4 heteroatoms. The zero-order valence-corrected chi connectivity index (χ0v) is 15.1. The van der Waals surface area contributed by atoms with Crippen molar-refractivity contribution in [1.29, 1.82) is 0 Å². The van der Waals surface area contributed by atoms with Crippen LogP contribution in [0.25, 0.3) is 11.3 Å². The predicted octanol–water partition coefficient (Wildman–Crippen LogP) is 5.53. The average molecular weight is 356 g/mol. The predicted molar refractivity (Wildman–Crippen MR) is 102 cm³/mol. The number of benzene rings is 1. The van der Waals surface area contributed by atoms with E-state index in [-0.39, 0.29) is 16.6 Å². The molecule has 0 aliphatic heterocycles. The topological polar surface area (TPSA) is 50.4 Å². The van der Waals surface area contributed by atoms with E-state index in [2.05, 4.69) is 0 Å². The highest BCUT2D eigenvalue weighted by atomic mass is 32.2. The summed E-state index contributed by atoms with van der Waals surface area (Å²) in [4.78, 5) is 12.7. The average Bonchev–Trinajstić information content (AvgIpc) is 3.27. The SMILES string of the molecule is O=c1oc(-c2ccccc2)cc(O)c1[C@@H](CC1CC1)SC1CCCC1. The summed E-state index contributed by atoms with van der Waals surface area (Å²) in [5.41, 5.74) is 0.905. The minimum absolute atomic E-state index is 0.0525. The highest BCUT2D eigenvalue weighted by Crippen LogP contribution is 2.48. The number of hydrogen-bond donors (Lipinski definition) is 1. The summed E-state index contributed by atoms with van der Waals surface area (Å²) in [6.07, 6.45) is 8.47. The van der Waals surface area contributed by atoms with E-state index in [0.717, 1.165) is 12.0 Å². The molecule has 1 aromatic carbocycles. The minimum Gasteiger partial charge on any atom is -0.507 e. The van der Waals surface area contributed by atoms with Crippen molar-refractivity contribution < 1.29 is 9.52 Å². The van der Waals surface area contributed by atoms with Crippen LogP contribution in [0.15, 0.2) is 45.6 Å². The largest absolute Gasteiger partial charge is 0.507 e. The normalized spacial score (nSPS) is 19.2. The van der Waals surface area contributed by atoms with Gasteiger partial charge in [0.2, 0.25) is 0 Å². The molecule has 3 nitrogen and oxygen atoms in total. The molecule has 132 valence electrons. The lowest BCUT2D eigenvalue weighted by molar-refractivity contribution is 0.437. The van der Waals surface area contributed by atoms with Crippen LogP contribution in [0, 0.1) is 5.92 Å². The Hall–Kier alpha value is -1.68. The molecule has 1 aromatic heterocycles. The third-order valence-electron chi connectivity index (χ3n) is 5.25. The number of aromatic hydroxyl groups is 1. The van der Waals surface area contributed by atoms with Gasteiger partial charge in [-0.05, 0) is 25.2 Å². The van der Waals surface area contributed by atoms with Crippen LogP contribution in [-0.4, -0.2) is 10.4 Å². The van der Waals surface area contributed by atoms with Gasteiger partial charge in [0.1, 0.15) is 11.5 Å². The first-order chi connectivity index (χ1) is 12.2. The second-order valence-corrected chi connectivity index (χ2v) is 8.78. The van der Waals surface area contributed by atoms with Gasteiger partial charge in [0.25, 0.3) is 0 Å². The molecule has 0 unspecified atom stereocenters. The molecule has 2 aliphatic carbocycles. The maximum absolute atomic E-state index is 12.7. The van der Waals surface area contributed by atoms with Crippen LogP contribution in [0.1, 0.15) is 55.8 Å². The van der Waals surface area contributed by atoms with E-state index in [4.69, 9.17) is 4.42 Å². The summed E-state index contributed by atoms with van der Waals surface area (Å²) < 4.78 is 5.59. The number of hydrogen-bond acceptors (Lipinski definition) is 4. The lowest BCUT2D eigenvalue weighted by atomic mass is 10.1. The Labute approximate surface area is 152 Å². The summed E-state index contributed by atoms with van der Waals surface area (Å²) in [6, 6.07) is 11.1. The van der Waals surface area contributed by atoms with Crippen molar-refractivity contribution in [3.63, 3.8) is 0 Å². The van der Waals surface area contributed by atoms with Crippen LogP contribution < -0.4 is 5.63 Å². The van der Waals surface area contributed by atoms with Crippen molar-refractivity contribution in [2.75, 3.05) is 0 Å². The maximum atomic E-state index is 12.7. The smallest absolute Gasteiger partial charge is 0.344 e. The molecule has 1 N–H and O–H groups in total. The van der Waals surface area contributed by atoms with Gasteiger partial charge in [0.05, 0.1) is 5.56 Å². The molecule has 2 aromatic rings. The van der Waals surface area contributed by atoms with Gasteiger partial charge in [-0.3, -0.25) is 0 Å². The highest BCUT2D eigenvalue weighted by molar-refractivity contribution is 8.00. The first-order valence-electron chi connectivity index (χ1n) is 9.28. The highest BCUT2D eigenvalue weighted by Gasteiger charge is 2.32. The lowest BCUT2D eigenvalue weighted by Gasteiger charge is -2.20. The van der Waals surface area contributed by atoms with Crippen molar-refractivity contribution in [2.24, 2.45) is 5.92 Å². The van der Waals surface area contributed by atoms with E-state index in [0.29, 0.717) is 22.5 Å². The summed E-state index contributed by atoms with van der Waals surface area (Å²) in [5.74, 6) is 1.22. The molecule has 0 spiro atoms. The molecular formula is C21H24O3S. The van der Waals surface area contributed by atoms with Crippen LogP contribution in [0.2, 0.25) is 0 Å². The van der Waals surface area contributed by atoms with Crippen molar-refractivity contribution in [1.82, 2.24) is 0 Å². The molecule has 1 atom stereocenters. The van der Waals surface area contributed by atoms with Crippen LogP contribution in [0.5, 0.6) is 5.75 Å². The summed E-state index contributed by atoms with van der Waals surface area (Å²) in [6.45, 7) is 0. The van der Waals surface area contributed by atoms with Crippen LogP contribution in [-0.2, 0) is 0 Å². The lowest BCUT2D eigenvalue weighted by Crippen LogP contribution is -2.14. The van der Waals surface area contributed by atoms with Crippen molar-refractivity contribution in [3.05, 3.63) is 52.4 Å². The van der Waals surface area contributed by atoms with E-state index in [1.165, 1.54) is 38.5 Å². The molecule has 0 bridgehead atoms. The van der Waals surface area contributed by atoms with Gasteiger partial charge in [-0.15, -0.1) is 11.8 Å². The fraction of sp³-hybridized carbons (Fsp3) is 0.476. The second kappa shape index (κ2) is 7.28. The van der Waals surface area contributed by atoms with Crippen molar-refractivity contribution >= 4 is 11.8 Å². The monoisotopic (exact) mass is 356 g/mol. The zero-order valence-electron chi connectivity index (χ0n) is 14.3. The molecule has 0 radical (unpaired) electrons. The Bertz CT molecular complexity index is 773. The number of rotatable bonds is 6. The maximum Gasteiger partial charge on any atom is 0.344 e. The van der Waals surface area contributed by atoms with E-state index in [1.54, 1.807) is 6.07 Å². The van der Waals surface area contributed by atoms with Gasteiger partial charge >= 0.3 is 5.63 Å². The van der Waals surface area contributed by atoms with E-state index in [9.17, 15) is 9.90 Å². The molecular weight excluding hydrogens is 332 g/mol. The second-order valence-electron chi connectivity index (χ2n) is 7.27. The van der Waals surface area contributed by atoms with Crippen LogP contribution >= 0.6 is 11.8 Å². The van der Waals surface area contributed by atoms with E-state index >= 15 is 0 Å². The zero-order chi connectivity index (χ0) is 17.2. The van der Waals surface area contributed by atoms with Gasteiger partial charge in [-0.2, -0.15) is 0 Å². The minimum atomic E-state index is -0.380. The Morgan fingerprint density at radius 2 is 1.84 bits per heavy atom. The van der Waals surface area contributed by atoms with Gasteiger partial charge < -0.3 is 9.52 Å². The standard InChI is InChI=1S/C21H24O3S/c22-17-13-18(15-6-2-1-3-7-15)24-21(23)20(17)19(12-14-10-11-14)25-16-8-4-5-9-16/h1-3,6-7,13-14,16,19,22H,4-5,8-12H2/t19-/m1/s1. The Balaban J connectivity index is 1.65. The quantitative estimate of drug-likeness (QED) is 0.739. The Morgan fingerprint density at radius 1 is 1.12 bits per heavy atom. The van der Waals surface area contributed by atoms with Gasteiger partial charge in [0.15, 0.2) is 0 Å². The van der Waals surface area contributed by atoms with Crippen LogP contribution in [0.3, 0.4) is 0 Å². The number of thioether (sulfide) groups is 1. The summed E-state index contributed by atoms with van der Waals surface area (Å²) in [7, 11) is 0.